The van der Waals surface area contributed by atoms with Gasteiger partial charge < -0.3 is 10.7 Å². The summed E-state index contributed by atoms with van der Waals surface area (Å²) < 4.78 is 41.9. The number of aryl methyl sites for hydroxylation is 1. The van der Waals surface area contributed by atoms with Gasteiger partial charge in [0.15, 0.2) is 5.82 Å². The summed E-state index contributed by atoms with van der Waals surface area (Å²) in [7, 11) is -3.75. The molecule has 3 rings (SSSR count). The molecule has 0 saturated carbocycles. The lowest BCUT2D eigenvalue weighted by Crippen LogP contribution is -2.13. The van der Waals surface area contributed by atoms with Gasteiger partial charge in [0.1, 0.15) is 14.9 Å². The molecule has 0 aliphatic heterocycles. The quantitative estimate of drug-likeness (QED) is 0.617. The number of para-hydroxylation sites is 1. The molecule has 0 saturated heterocycles. The van der Waals surface area contributed by atoms with Crippen LogP contribution in [0.3, 0.4) is 0 Å². The van der Waals surface area contributed by atoms with Gasteiger partial charge in [0.25, 0.3) is 10.0 Å². The van der Waals surface area contributed by atoms with E-state index in [4.69, 9.17) is 18.0 Å². The molecular formula is C14H12FN3O2S3. The normalized spacial score (nSPS) is 11.7. The van der Waals surface area contributed by atoms with Crippen LogP contribution in [-0.4, -0.2) is 18.4 Å². The van der Waals surface area contributed by atoms with Crippen LogP contribution < -0.4 is 10.5 Å². The molecular weight excluding hydrogens is 357 g/mol. The Hall–Kier alpha value is -1.97. The number of benzene rings is 1. The molecule has 0 aliphatic rings. The Morgan fingerprint density at radius 3 is 2.74 bits per heavy atom. The van der Waals surface area contributed by atoms with Gasteiger partial charge in [-0.15, -0.1) is 11.3 Å². The highest BCUT2D eigenvalue weighted by molar-refractivity contribution is 7.94. The zero-order valence-corrected chi connectivity index (χ0v) is 14.3. The first-order valence-corrected chi connectivity index (χ1v) is 9.25. The number of thiophene rings is 1. The number of sulfonamides is 1. The van der Waals surface area contributed by atoms with Gasteiger partial charge in [0.05, 0.1) is 11.2 Å². The summed E-state index contributed by atoms with van der Waals surface area (Å²) in [6.07, 6.45) is 0. The molecule has 4 N–H and O–H groups in total. The van der Waals surface area contributed by atoms with Gasteiger partial charge in [0, 0.05) is 5.39 Å². The third-order valence-corrected chi connectivity index (χ3v) is 6.58. The van der Waals surface area contributed by atoms with E-state index in [1.54, 1.807) is 30.5 Å². The van der Waals surface area contributed by atoms with Gasteiger partial charge in [-0.25, -0.2) is 12.8 Å². The van der Waals surface area contributed by atoms with Crippen molar-refractivity contribution < 1.29 is 12.8 Å². The molecule has 1 aromatic carbocycles. The van der Waals surface area contributed by atoms with Crippen LogP contribution in [0.4, 0.5) is 10.1 Å². The van der Waals surface area contributed by atoms with Crippen LogP contribution >= 0.6 is 23.6 Å². The number of rotatable bonds is 4. The molecule has 0 bridgehead atoms. The third kappa shape index (κ3) is 2.71. The molecule has 0 amide bonds. The number of nitrogens with one attached hydrogen (secondary N) is 2. The van der Waals surface area contributed by atoms with Crippen molar-refractivity contribution in [1.82, 2.24) is 4.98 Å². The first-order chi connectivity index (χ1) is 10.8. The van der Waals surface area contributed by atoms with Crippen molar-refractivity contribution in [3.8, 4) is 0 Å². The Balaban J connectivity index is 2.13. The number of H-pyrrole nitrogens is 1. The fourth-order valence-corrected chi connectivity index (χ4v) is 4.90. The number of anilines is 1. The molecule has 120 valence electrons. The Bertz CT molecular complexity index is 1020. The van der Waals surface area contributed by atoms with Gasteiger partial charge in [-0.05, 0) is 36.1 Å². The molecule has 0 radical (unpaired) electrons. The van der Waals surface area contributed by atoms with Crippen molar-refractivity contribution in [3.63, 3.8) is 0 Å². The molecule has 0 atom stereocenters. The zero-order valence-electron chi connectivity index (χ0n) is 11.9. The Morgan fingerprint density at radius 1 is 1.39 bits per heavy atom. The highest BCUT2D eigenvalue weighted by atomic mass is 32.2. The highest BCUT2D eigenvalue weighted by Gasteiger charge is 2.21. The van der Waals surface area contributed by atoms with Crippen molar-refractivity contribution in [1.29, 1.82) is 0 Å². The second kappa shape index (κ2) is 5.59. The van der Waals surface area contributed by atoms with Crippen LogP contribution in [0.5, 0.6) is 0 Å². The van der Waals surface area contributed by atoms with Gasteiger partial charge in [-0.3, -0.25) is 4.72 Å². The van der Waals surface area contributed by atoms with E-state index in [2.05, 4.69) is 9.71 Å². The molecule has 0 unspecified atom stereocenters. The number of hydrogen-bond acceptors (Lipinski definition) is 4. The number of hydrogen-bond donors (Lipinski definition) is 3. The fourth-order valence-electron chi connectivity index (χ4n) is 2.26. The van der Waals surface area contributed by atoms with Gasteiger partial charge >= 0.3 is 0 Å². The SMILES string of the molecule is Cc1ccsc1S(=O)(=O)Nc1cccc2c(F)c(C(N)=S)[nH]c12. The van der Waals surface area contributed by atoms with Crippen LogP contribution in [0.25, 0.3) is 10.9 Å². The molecule has 2 aromatic heterocycles. The van der Waals surface area contributed by atoms with E-state index >= 15 is 0 Å². The lowest BCUT2D eigenvalue weighted by Gasteiger charge is -2.08. The largest absolute Gasteiger partial charge is 0.388 e. The summed E-state index contributed by atoms with van der Waals surface area (Å²) in [4.78, 5) is 2.63. The minimum absolute atomic E-state index is 0.0195. The first kappa shape index (κ1) is 15.9. The van der Waals surface area contributed by atoms with Crippen LogP contribution in [0.2, 0.25) is 0 Å². The average molecular weight is 369 g/mol. The Labute approximate surface area is 141 Å². The van der Waals surface area contributed by atoms with Crippen molar-refractivity contribution in [2.45, 2.75) is 11.1 Å². The molecule has 2 heterocycles. The van der Waals surface area contributed by atoms with Crippen molar-refractivity contribution in [2.24, 2.45) is 5.73 Å². The number of aromatic amines is 1. The number of fused-ring (bicyclic) bond motifs is 1. The maximum Gasteiger partial charge on any atom is 0.271 e. The van der Waals surface area contributed by atoms with Crippen LogP contribution in [0, 0.1) is 12.7 Å². The summed E-state index contributed by atoms with van der Waals surface area (Å²) in [6, 6.07) is 6.35. The third-order valence-electron chi connectivity index (χ3n) is 3.32. The molecule has 0 spiro atoms. The number of halogens is 1. The highest BCUT2D eigenvalue weighted by Crippen LogP contribution is 2.30. The van der Waals surface area contributed by atoms with Gasteiger partial charge in [-0.1, -0.05) is 18.3 Å². The van der Waals surface area contributed by atoms with Crippen molar-refractivity contribution in [3.05, 3.63) is 46.7 Å². The minimum Gasteiger partial charge on any atom is -0.388 e. The van der Waals surface area contributed by atoms with E-state index in [1.807, 2.05) is 0 Å². The van der Waals surface area contributed by atoms with E-state index in [9.17, 15) is 12.8 Å². The summed E-state index contributed by atoms with van der Waals surface area (Å²) in [5.74, 6) is -0.596. The Kier molecular flexibility index (Phi) is 3.86. The predicted molar refractivity (Wildman–Crippen MR) is 94.0 cm³/mol. The predicted octanol–water partition coefficient (Wildman–Crippen LogP) is 3.11. The Morgan fingerprint density at radius 2 is 2.13 bits per heavy atom. The second-order valence-corrected chi connectivity index (χ2v) is 8.14. The summed E-state index contributed by atoms with van der Waals surface area (Å²) in [6.45, 7) is 1.71. The van der Waals surface area contributed by atoms with Crippen LogP contribution in [-0.2, 0) is 10.0 Å². The van der Waals surface area contributed by atoms with Crippen molar-refractivity contribution >= 4 is 55.2 Å². The maximum absolute atomic E-state index is 14.3. The fraction of sp³-hybridized carbons (Fsp3) is 0.0714. The van der Waals surface area contributed by atoms with Crippen molar-refractivity contribution in [2.75, 3.05) is 4.72 Å². The minimum atomic E-state index is -3.75. The van der Waals surface area contributed by atoms with Gasteiger partial charge in [0.2, 0.25) is 0 Å². The molecule has 9 heteroatoms. The van der Waals surface area contributed by atoms with Gasteiger partial charge in [-0.2, -0.15) is 0 Å². The van der Waals surface area contributed by atoms with E-state index in [1.165, 1.54) is 6.07 Å². The second-order valence-electron chi connectivity index (χ2n) is 4.90. The first-order valence-electron chi connectivity index (χ1n) is 6.48. The molecule has 23 heavy (non-hydrogen) atoms. The standard InChI is InChI=1S/C14H12FN3O2S3/c1-7-5-6-22-14(7)23(19,20)18-9-4-2-3-8-10(15)12(13(16)21)17-11(8)9/h2-6,17-18H,1H3,(H2,16,21). The summed E-state index contributed by atoms with van der Waals surface area (Å²) >= 11 is 5.91. The van der Waals surface area contributed by atoms with E-state index in [-0.39, 0.29) is 26.0 Å². The van der Waals surface area contributed by atoms with E-state index in [0.717, 1.165) is 11.3 Å². The lowest BCUT2D eigenvalue weighted by atomic mass is 10.2. The molecule has 5 nitrogen and oxygen atoms in total. The monoisotopic (exact) mass is 369 g/mol. The maximum atomic E-state index is 14.3. The van der Waals surface area contributed by atoms with E-state index < -0.39 is 15.8 Å². The number of thiocarbonyl (C=S) groups is 1. The number of nitrogens with two attached hydrogens (primary N) is 1. The smallest absolute Gasteiger partial charge is 0.271 e. The molecule has 3 aromatic rings. The lowest BCUT2D eigenvalue weighted by molar-refractivity contribution is 0.602. The topological polar surface area (TPSA) is 88.0 Å². The molecule has 0 fully saturated rings. The summed E-state index contributed by atoms with van der Waals surface area (Å²) in [5.41, 5.74) is 6.64. The zero-order chi connectivity index (χ0) is 16.8. The number of aromatic nitrogens is 1. The van der Waals surface area contributed by atoms with E-state index in [0.29, 0.717) is 11.1 Å². The molecule has 0 aliphatic carbocycles. The van der Waals surface area contributed by atoms with Crippen LogP contribution in [0.15, 0.2) is 33.9 Å². The average Bonchev–Trinajstić information content (AvgIpc) is 3.04. The van der Waals surface area contributed by atoms with Crippen LogP contribution in [0.1, 0.15) is 11.3 Å². The summed E-state index contributed by atoms with van der Waals surface area (Å²) in [5, 5.41) is 1.92.